The summed E-state index contributed by atoms with van der Waals surface area (Å²) in [6, 6.07) is 5.11. The van der Waals surface area contributed by atoms with Gasteiger partial charge < -0.3 is 9.64 Å². The molecule has 7 heteroatoms. The average Bonchev–Trinajstić information content (AvgIpc) is 2.81. The molecule has 0 saturated carbocycles. The summed E-state index contributed by atoms with van der Waals surface area (Å²) in [5.74, 6) is 0.936. The first kappa shape index (κ1) is 16.7. The van der Waals surface area contributed by atoms with E-state index in [1.54, 1.807) is 29.6 Å². The van der Waals surface area contributed by atoms with Crippen LogP contribution in [-0.4, -0.2) is 58.0 Å². The average molecular weight is 377 g/mol. The summed E-state index contributed by atoms with van der Waals surface area (Å²) in [6.07, 6.45) is 0. The summed E-state index contributed by atoms with van der Waals surface area (Å²) in [6.45, 7) is 3.17. The third kappa shape index (κ3) is 3.26. The number of methoxy groups -OCH3 is 1. The molecule has 2 rings (SSSR count). The molecule has 2 atom stereocenters. The zero-order chi connectivity index (χ0) is 15.8. The van der Waals surface area contributed by atoms with Gasteiger partial charge in [-0.3, -0.25) is 0 Å². The van der Waals surface area contributed by atoms with Crippen LogP contribution < -0.4 is 4.74 Å². The van der Waals surface area contributed by atoms with E-state index >= 15 is 0 Å². The third-order valence-corrected chi connectivity index (χ3v) is 6.41. The topological polar surface area (TPSA) is 49.9 Å². The van der Waals surface area contributed by atoms with Gasteiger partial charge in [0.05, 0.1) is 16.5 Å². The monoisotopic (exact) mass is 376 g/mol. The van der Waals surface area contributed by atoms with E-state index in [-0.39, 0.29) is 6.04 Å². The van der Waals surface area contributed by atoms with E-state index in [9.17, 15) is 8.42 Å². The summed E-state index contributed by atoms with van der Waals surface area (Å²) >= 11 is 3.34. The minimum Gasteiger partial charge on any atom is -0.496 e. The van der Waals surface area contributed by atoms with Crippen LogP contribution in [0.25, 0.3) is 0 Å². The first-order valence-electron chi connectivity index (χ1n) is 6.77. The van der Waals surface area contributed by atoms with E-state index in [0.717, 1.165) is 0 Å². The molecule has 1 aliphatic rings. The van der Waals surface area contributed by atoms with Gasteiger partial charge in [0, 0.05) is 19.1 Å². The molecule has 0 N–H and O–H groups in total. The van der Waals surface area contributed by atoms with Gasteiger partial charge in [-0.05, 0) is 54.1 Å². The molecule has 118 valence electrons. The number of rotatable bonds is 4. The van der Waals surface area contributed by atoms with E-state index in [1.807, 2.05) is 14.1 Å². The molecular weight excluding hydrogens is 356 g/mol. The minimum absolute atomic E-state index is 0.251. The Morgan fingerprint density at radius 2 is 2.00 bits per heavy atom. The van der Waals surface area contributed by atoms with Crippen LogP contribution in [0.4, 0.5) is 0 Å². The zero-order valence-corrected chi connectivity index (χ0v) is 15.1. The van der Waals surface area contributed by atoms with Crippen molar-refractivity contribution < 1.29 is 13.2 Å². The number of ether oxygens (including phenoxy) is 1. The molecule has 1 aromatic carbocycles. The van der Waals surface area contributed by atoms with Crippen LogP contribution in [0.15, 0.2) is 27.6 Å². The maximum Gasteiger partial charge on any atom is 0.243 e. The number of likely N-dealkylation sites (N-methyl/N-ethyl adjacent to an activating group) is 1. The minimum atomic E-state index is -3.46. The standard InChI is InChI=1S/C14H21BrN2O3S/c1-10-8-17(9-13(10)16(2)3)21(18,19)11-5-6-14(20-4)12(15)7-11/h5-7,10,13H,8-9H2,1-4H3. The summed E-state index contributed by atoms with van der Waals surface area (Å²) in [4.78, 5) is 2.38. The van der Waals surface area contributed by atoms with Crippen molar-refractivity contribution in [1.29, 1.82) is 0 Å². The summed E-state index contributed by atoms with van der Waals surface area (Å²) < 4.78 is 32.8. The van der Waals surface area contributed by atoms with Crippen molar-refractivity contribution in [3.05, 3.63) is 22.7 Å². The predicted molar refractivity (Wildman–Crippen MR) is 86.1 cm³/mol. The van der Waals surface area contributed by atoms with E-state index in [4.69, 9.17) is 4.74 Å². The molecular formula is C14H21BrN2O3S. The van der Waals surface area contributed by atoms with Gasteiger partial charge in [-0.25, -0.2) is 8.42 Å². The molecule has 1 aromatic rings. The summed E-state index contributed by atoms with van der Waals surface area (Å²) in [5.41, 5.74) is 0. The van der Waals surface area contributed by atoms with Crippen molar-refractivity contribution in [2.75, 3.05) is 34.3 Å². The highest BCUT2D eigenvalue weighted by atomic mass is 79.9. The molecule has 5 nitrogen and oxygen atoms in total. The second-order valence-corrected chi connectivity index (χ2v) is 8.42. The molecule has 1 aliphatic heterocycles. The molecule has 1 heterocycles. The lowest BCUT2D eigenvalue weighted by molar-refractivity contribution is 0.263. The van der Waals surface area contributed by atoms with E-state index in [1.165, 1.54) is 0 Å². The van der Waals surface area contributed by atoms with Crippen molar-refractivity contribution in [2.45, 2.75) is 17.9 Å². The number of benzene rings is 1. The first-order chi connectivity index (χ1) is 9.77. The molecule has 0 bridgehead atoms. The van der Waals surface area contributed by atoms with Gasteiger partial charge >= 0.3 is 0 Å². The fourth-order valence-corrected chi connectivity index (χ4v) is 5.01. The summed E-state index contributed by atoms with van der Waals surface area (Å²) in [5, 5.41) is 0. The highest BCUT2D eigenvalue weighted by Gasteiger charge is 2.38. The Morgan fingerprint density at radius 1 is 1.33 bits per heavy atom. The second kappa shape index (κ2) is 6.24. The lowest BCUT2D eigenvalue weighted by Crippen LogP contribution is -2.35. The van der Waals surface area contributed by atoms with Crippen LogP contribution >= 0.6 is 15.9 Å². The molecule has 0 aliphatic carbocycles. The highest BCUT2D eigenvalue weighted by molar-refractivity contribution is 9.10. The Balaban J connectivity index is 2.29. The molecule has 0 aromatic heterocycles. The van der Waals surface area contributed by atoms with Crippen LogP contribution in [0.2, 0.25) is 0 Å². The van der Waals surface area contributed by atoms with Gasteiger partial charge in [0.1, 0.15) is 5.75 Å². The first-order valence-corrected chi connectivity index (χ1v) is 9.00. The maximum atomic E-state index is 12.7. The van der Waals surface area contributed by atoms with Crippen LogP contribution in [0.1, 0.15) is 6.92 Å². The zero-order valence-electron chi connectivity index (χ0n) is 12.7. The Kier molecular flexibility index (Phi) is 4.97. The molecule has 0 spiro atoms. The van der Waals surface area contributed by atoms with Gasteiger partial charge in [0.25, 0.3) is 0 Å². The largest absolute Gasteiger partial charge is 0.496 e. The molecule has 1 fully saturated rings. The Labute approximate surface area is 135 Å². The van der Waals surface area contributed by atoms with Crippen LogP contribution in [0.5, 0.6) is 5.75 Å². The number of hydrogen-bond acceptors (Lipinski definition) is 4. The van der Waals surface area contributed by atoms with E-state index < -0.39 is 10.0 Å². The van der Waals surface area contributed by atoms with Crippen LogP contribution in [-0.2, 0) is 10.0 Å². The number of hydrogen-bond donors (Lipinski definition) is 0. The number of sulfonamides is 1. The molecule has 0 amide bonds. The Bertz CT molecular complexity index is 619. The van der Waals surface area contributed by atoms with Gasteiger partial charge in [-0.15, -0.1) is 0 Å². The van der Waals surface area contributed by atoms with Gasteiger partial charge in [-0.2, -0.15) is 4.31 Å². The number of nitrogens with zero attached hydrogens (tertiary/aromatic N) is 2. The SMILES string of the molecule is COc1ccc(S(=O)(=O)N2CC(C)C(N(C)C)C2)cc1Br. The van der Waals surface area contributed by atoms with Gasteiger partial charge in [-0.1, -0.05) is 6.92 Å². The van der Waals surface area contributed by atoms with Crippen molar-refractivity contribution in [3.63, 3.8) is 0 Å². The Morgan fingerprint density at radius 3 is 2.48 bits per heavy atom. The van der Waals surface area contributed by atoms with Crippen molar-refractivity contribution >= 4 is 26.0 Å². The maximum absolute atomic E-state index is 12.7. The molecule has 1 saturated heterocycles. The van der Waals surface area contributed by atoms with E-state index in [0.29, 0.717) is 34.1 Å². The number of halogens is 1. The second-order valence-electron chi connectivity index (χ2n) is 5.63. The normalized spacial score (nSPS) is 23.7. The fourth-order valence-electron chi connectivity index (χ4n) is 2.73. The van der Waals surface area contributed by atoms with Gasteiger partial charge in [0.15, 0.2) is 0 Å². The molecule has 0 radical (unpaired) electrons. The van der Waals surface area contributed by atoms with Crippen LogP contribution in [0, 0.1) is 5.92 Å². The highest BCUT2D eigenvalue weighted by Crippen LogP contribution is 2.31. The van der Waals surface area contributed by atoms with E-state index in [2.05, 4.69) is 27.8 Å². The fraction of sp³-hybridized carbons (Fsp3) is 0.571. The quantitative estimate of drug-likeness (QED) is 0.806. The van der Waals surface area contributed by atoms with Crippen molar-refractivity contribution in [3.8, 4) is 5.75 Å². The lowest BCUT2D eigenvalue weighted by atomic mass is 10.1. The predicted octanol–water partition coefficient (Wildman–Crippen LogP) is 2.03. The Hall–Kier alpha value is -0.630. The van der Waals surface area contributed by atoms with Crippen molar-refractivity contribution in [2.24, 2.45) is 5.92 Å². The molecule has 2 unspecified atom stereocenters. The summed E-state index contributed by atoms with van der Waals surface area (Å²) in [7, 11) is 2.06. The molecule has 21 heavy (non-hydrogen) atoms. The lowest BCUT2D eigenvalue weighted by Gasteiger charge is -2.22. The smallest absolute Gasteiger partial charge is 0.243 e. The van der Waals surface area contributed by atoms with Crippen molar-refractivity contribution in [1.82, 2.24) is 9.21 Å². The van der Waals surface area contributed by atoms with Crippen LogP contribution in [0.3, 0.4) is 0 Å². The van der Waals surface area contributed by atoms with Gasteiger partial charge in [0.2, 0.25) is 10.0 Å². The third-order valence-electron chi connectivity index (χ3n) is 3.96.